The van der Waals surface area contributed by atoms with E-state index < -0.39 is 0 Å². The average Bonchev–Trinajstić information content (AvgIpc) is 2.81. The number of thioether (sulfide) groups is 1. The first-order chi connectivity index (χ1) is 8.43. The van der Waals surface area contributed by atoms with E-state index in [0.717, 1.165) is 21.9 Å². The SMILES string of the molecule is c1ccc(SCn2cnc3ccccc32)nc1. The number of imidazole rings is 1. The van der Waals surface area contributed by atoms with Crippen LogP contribution in [0.5, 0.6) is 0 Å². The highest BCUT2D eigenvalue weighted by molar-refractivity contribution is 7.98. The monoisotopic (exact) mass is 241 g/mol. The highest BCUT2D eigenvalue weighted by Gasteiger charge is 2.01. The van der Waals surface area contributed by atoms with Crippen molar-refractivity contribution in [3.05, 3.63) is 55.0 Å². The van der Waals surface area contributed by atoms with Crippen LogP contribution < -0.4 is 0 Å². The lowest BCUT2D eigenvalue weighted by molar-refractivity contribution is 0.917. The molecule has 0 N–H and O–H groups in total. The number of pyridine rings is 1. The molecule has 0 bridgehead atoms. The van der Waals surface area contributed by atoms with Gasteiger partial charge in [-0.2, -0.15) is 0 Å². The zero-order valence-electron chi connectivity index (χ0n) is 9.15. The van der Waals surface area contributed by atoms with Crippen molar-refractivity contribution >= 4 is 22.8 Å². The standard InChI is InChI=1S/C13H11N3S/c1-2-6-12-11(5-1)15-9-16(12)10-17-13-7-3-4-8-14-13/h1-9H,10H2. The summed E-state index contributed by atoms with van der Waals surface area (Å²) in [4.78, 5) is 8.65. The molecular weight excluding hydrogens is 230 g/mol. The van der Waals surface area contributed by atoms with Crippen molar-refractivity contribution in [1.29, 1.82) is 0 Å². The van der Waals surface area contributed by atoms with E-state index in [9.17, 15) is 0 Å². The van der Waals surface area contributed by atoms with Crippen molar-refractivity contribution in [3.8, 4) is 0 Å². The predicted octanol–water partition coefficient (Wildman–Crippen LogP) is 3.18. The van der Waals surface area contributed by atoms with Crippen molar-refractivity contribution in [1.82, 2.24) is 14.5 Å². The number of fused-ring (bicyclic) bond motifs is 1. The predicted molar refractivity (Wildman–Crippen MR) is 69.8 cm³/mol. The molecule has 0 aliphatic rings. The highest BCUT2D eigenvalue weighted by Crippen LogP contribution is 2.20. The molecule has 3 rings (SSSR count). The topological polar surface area (TPSA) is 30.7 Å². The van der Waals surface area contributed by atoms with Gasteiger partial charge >= 0.3 is 0 Å². The third-order valence-corrected chi connectivity index (χ3v) is 3.46. The average molecular weight is 241 g/mol. The molecule has 2 heterocycles. The summed E-state index contributed by atoms with van der Waals surface area (Å²) in [6.07, 6.45) is 3.69. The van der Waals surface area contributed by atoms with Gasteiger partial charge in [-0.15, -0.1) is 0 Å². The molecule has 0 fully saturated rings. The maximum atomic E-state index is 4.36. The van der Waals surface area contributed by atoms with Crippen molar-refractivity contribution in [2.75, 3.05) is 0 Å². The second-order valence-electron chi connectivity index (χ2n) is 3.64. The van der Waals surface area contributed by atoms with Gasteiger partial charge in [0.05, 0.1) is 28.3 Å². The Kier molecular flexibility index (Phi) is 2.80. The molecule has 0 saturated heterocycles. The fraction of sp³-hybridized carbons (Fsp3) is 0.0769. The molecule has 0 spiro atoms. The molecule has 17 heavy (non-hydrogen) atoms. The van der Waals surface area contributed by atoms with Crippen LogP contribution in [0.15, 0.2) is 60.0 Å². The Hall–Kier alpha value is -1.81. The quantitative estimate of drug-likeness (QED) is 0.660. The van der Waals surface area contributed by atoms with Crippen LogP contribution in [0.25, 0.3) is 11.0 Å². The molecule has 0 atom stereocenters. The lowest BCUT2D eigenvalue weighted by Crippen LogP contribution is -1.92. The lowest BCUT2D eigenvalue weighted by atomic mass is 10.3. The minimum Gasteiger partial charge on any atom is -0.320 e. The van der Waals surface area contributed by atoms with Crippen LogP contribution >= 0.6 is 11.8 Å². The number of aromatic nitrogens is 3. The molecule has 0 radical (unpaired) electrons. The summed E-state index contributed by atoms with van der Waals surface area (Å²) in [5.74, 6) is 0.831. The molecule has 0 unspecified atom stereocenters. The van der Waals surface area contributed by atoms with Gasteiger partial charge < -0.3 is 4.57 Å². The van der Waals surface area contributed by atoms with E-state index >= 15 is 0 Å². The lowest BCUT2D eigenvalue weighted by Gasteiger charge is -2.03. The summed E-state index contributed by atoms with van der Waals surface area (Å²) in [6.45, 7) is 0. The van der Waals surface area contributed by atoms with E-state index in [1.54, 1.807) is 11.8 Å². The van der Waals surface area contributed by atoms with Gasteiger partial charge in [0.1, 0.15) is 0 Å². The van der Waals surface area contributed by atoms with Crippen LogP contribution in [0.2, 0.25) is 0 Å². The minimum absolute atomic E-state index is 0.831. The molecular formula is C13H11N3S. The van der Waals surface area contributed by atoms with E-state index in [4.69, 9.17) is 0 Å². The van der Waals surface area contributed by atoms with Gasteiger partial charge in [0.25, 0.3) is 0 Å². The zero-order valence-corrected chi connectivity index (χ0v) is 9.97. The number of hydrogen-bond donors (Lipinski definition) is 0. The number of hydrogen-bond acceptors (Lipinski definition) is 3. The van der Waals surface area contributed by atoms with E-state index in [0.29, 0.717) is 0 Å². The Morgan fingerprint density at radius 3 is 2.76 bits per heavy atom. The maximum absolute atomic E-state index is 4.36. The molecule has 3 nitrogen and oxygen atoms in total. The fourth-order valence-electron chi connectivity index (χ4n) is 1.68. The van der Waals surface area contributed by atoms with Crippen LogP contribution in [0, 0.1) is 0 Å². The summed E-state index contributed by atoms with van der Waals surface area (Å²) in [7, 11) is 0. The molecule has 3 aromatic rings. The minimum atomic E-state index is 0.831. The zero-order chi connectivity index (χ0) is 11.5. The van der Waals surface area contributed by atoms with Crippen LogP contribution in [-0.4, -0.2) is 14.5 Å². The second-order valence-corrected chi connectivity index (χ2v) is 4.61. The largest absolute Gasteiger partial charge is 0.320 e. The normalized spacial score (nSPS) is 10.8. The van der Waals surface area contributed by atoms with Gasteiger partial charge in [0.2, 0.25) is 0 Å². The van der Waals surface area contributed by atoms with E-state index in [2.05, 4.69) is 20.6 Å². The molecule has 1 aromatic carbocycles. The Balaban J connectivity index is 1.82. The third kappa shape index (κ3) is 2.17. The summed E-state index contributed by atoms with van der Waals surface area (Å²) in [6, 6.07) is 14.1. The summed E-state index contributed by atoms with van der Waals surface area (Å²) in [5.41, 5.74) is 2.20. The first kappa shape index (κ1) is 10.4. The Labute approximate surface area is 104 Å². The van der Waals surface area contributed by atoms with Gasteiger partial charge in [0.15, 0.2) is 0 Å². The number of nitrogens with zero attached hydrogens (tertiary/aromatic N) is 3. The van der Waals surface area contributed by atoms with Crippen LogP contribution in [0.3, 0.4) is 0 Å². The van der Waals surface area contributed by atoms with Crippen LogP contribution in [0.4, 0.5) is 0 Å². The molecule has 84 valence electrons. The third-order valence-electron chi connectivity index (χ3n) is 2.52. The van der Waals surface area contributed by atoms with E-state index in [-0.39, 0.29) is 0 Å². The molecule has 4 heteroatoms. The summed E-state index contributed by atoms with van der Waals surface area (Å²) >= 11 is 1.70. The number of benzene rings is 1. The summed E-state index contributed by atoms with van der Waals surface area (Å²) < 4.78 is 2.13. The van der Waals surface area contributed by atoms with Gasteiger partial charge in [-0.05, 0) is 24.3 Å². The van der Waals surface area contributed by atoms with E-state index in [1.807, 2.05) is 48.9 Å². The first-order valence-electron chi connectivity index (χ1n) is 5.37. The maximum Gasteiger partial charge on any atom is 0.0977 e. The Bertz CT molecular complexity index is 619. The Morgan fingerprint density at radius 2 is 1.88 bits per heavy atom. The molecule has 0 amide bonds. The number of para-hydroxylation sites is 2. The smallest absolute Gasteiger partial charge is 0.0977 e. The first-order valence-corrected chi connectivity index (χ1v) is 6.36. The molecule has 0 aliphatic carbocycles. The van der Waals surface area contributed by atoms with Gasteiger partial charge in [-0.3, -0.25) is 0 Å². The molecule has 0 saturated carbocycles. The van der Waals surface area contributed by atoms with Crippen molar-refractivity contribution in [3.63, 3.8) is 0 Å². The van der Waals surface area contributed by atoms with Gasteiger partial charge in [0, 0.05) is 6.20 Å². The molecule has 0 aliphatic heterocycles. The number of rotatable bonds is 3. The highest BCUT2D eigenvalue weighted by atomic mass is 32.2. The van der Waals surface area contributed by atoms with Crippen molar-refractivity contribution in [2.24, 2.45) is 0 Å². The van der Waals surface area contributed by atoms with Crippen LogP contribution in [-0.2, 0) is 5.88 Å². The van der Waals surface area contributed by atoms with Crippen LogP contribution in [0.1, 0.15) is 0 Å². The second kappa shape index (κ2) is 4.59. The summed E-state index contributed by atoms with van der Waals surface area (Å²) in [5, 5.41) is 1.03. The Morgan fingerprint density at radius 1 is 1.00 bits per heavy atom. The molecule has 2 aromatic heterocycles. The van der Waals surface area contributed by atoms with Gasteiger partial charge in [-0.1, -0.05) is 30.0 Å². The van der Waals surface area contributed by atoms with Crippen molar-refractivity contribution in [2.45, 2.75) is 10.9 Å². The fourth-order valence-corrected chi connectivity index (χ4v) is 2.47. The van der Waals surface area contributed by atoms with Gasteiger partial charge in [-0.25, -0.2) is 9.97 Å². The van der Waals surface area contributed by atoms with E-state index in [1.165, 1.54) is 0 Å². The van der Waals surface area contributed by atoms with Crippen molar-refractivity contribution < 1.29 is 0 Å².